The number of carbonyl (C=O) groups excluding carboxylic acids is 3. The van der Waals surface area contributed by atoms with E-state index in [2.05, 4.69) is 10.6 Å². The highest BCUT2D eigenvalue weighted by molar-refractivity contribution is 6.30. The van der Waals surface area contributed by atoms with Crippen LogP contribution < -0.4 is 15.5 Å². The van der Waals surface area contributed by atoms with E-state index in [1.165, 1.54) is 4.90 Å². The van der Waals surface area contributed by atoms with Gasteiger partial charge in [-0.1, -0.05) is 11.6 Å². The quantitative estimate of drug-likeness (QED) is 0.633. The van der Waals surface area contributed by atoms with Crippen molar-refractivity contribution in [3.05, 3.63) is 53.6 Å². The zero-order valence-corrected chi connectivity index (χ0v) is 18.6. The van der Waals surface area contributed by atoms with Gasteiger partial charge in [0.1, 0.15) is 12.6 Å². The fourth-order valence-corrected chi connectivity index (χ4v) is 4.05. The Labute approximate surface area is 196 Å². The van der Waals surface area contributed by atoms with Gasteiger partial charge in [0.2, 0.25) is 5.91 Å². The van der Waals surface area contributed by atoms with Crippen LogP contribution in [-0.2, 0) is 14.3 Å². The Balaban J connectivity index is 1.40. The molecule has 0 unspecified atom stereocenters. The van der Waals surface area contributed by atoms with Crippen molar-refractivity contribution in [2.45, 2.75) is 25.0 Å². The first kappa shape index (κ1) is 23.0. The molecule has 2 heterocycles. The second kappa shape index (κ2) is 10.2. The summed E-state index contributed by atoms with van der Waals surface area (Å²) in [6.07, 6.45) is 0.0953. The van der Waals surface area contributed by atoms with E-state index in [1.807, 2.05) is 0 Å². The minimum Gasteiger partial charge on any atom is -0.391 e. The summed E-state index contributed by atoms with van der Waals surface area (Å²) < 4.78 is 5.26. The number of likely N-dealkylation sites (tertiary alicyclic amines) is 1. The van der Waals surface area contributed by atoms with Gasteiger partial charge in [-0.2, -0.15) is 0 Å². The standard InChI is InChI=1S/C23H25ClN4O5/c24-15-2-4-17(5-3-15)26-23(32)28-13-19(29)12-20(28)22(31)25-16-6-8-18(9-7-16)27-10-1-11-33-14-21(27)30/h2-9,19-20,29H,1,10-14H2,(H,25,31)(H,26,32)/t19-,20-/m1/s1. The Hall–Kier alpha value is -3.14. The average molecular weight is 473 g/mol. The molecule has 0 bridgehead atoms. The van der Waals surface area contributed by atoms with E-state index in [9.17, 15) is 19.5 Å². The van der Waals surface area contributed by atoms with Crippen LogP contribution in [0.15, 0.2) is 48.5 Å². The van der Waals surface area contributed by atoms with Gasteiger partial charge < -0.3 is 30.3 Å². The van der Waals surface area contributed by atoms with Crippen molar-refractivity contribution < 1.29 is 24.2 Å². The van der Waals surface area contributed by atoms with E-state index in [4.69, 9.17) is 16.3 Å². The number of hydrogen-bond acceptors (Lipinski definition) is 5. The highest BCUT2D eigenvalue weighted by Gasteiger charge is 2.39. The molecule has 0 aromatic heterocycles. The van der Waals surface area contributed by atoms with Crippen LogP contribution in [0.25, 0.3) is 0 Å². The summed E-state index contributed by atoms with van der Waals surface area (Å²) in [5.41, 5.74) is 1.79. The maximum atomic E-state index is 12.9. The second-order valence-corrected chi connectivity index (χ2v) is 8.42. The Kier molecular flexibility index (Phi) is 7.12. The first-order valence-electron chi connectivity index (χ1n) is 10.7. The predicted molar refractivity (Wildman–Crippen MR) is 124 cm³/mol. The van der Waals surface area contributed by atoms with Crippen molar-refractivity contribution in [1.82, 2.24) is 4.90 Å². The number of aliphatic hydroxyl groups excluding tert-OH is 1. The number of anilines is 3. The van der Waals surface area contributed by atoms with E-state index in [1.54, 1.807) is 53.4 Å². The van der Waals surface area contributed by atoms with Gasteiger partial charge in [-0.3, -0.25) is 9.59 Å². The molecule has 2 aromatic carbocycles. The lowest BCUT2D eigenvalue weighted by Crippen LogP contribution is -2.45. The zero-order valence-electron chi connectivity index (χ0n) is 17.9. The topological polar surface area (TPSA) is 111 Å². The van der Waals surface area contributed by atoms with E-state index < -0.39 is 24.1 Å². The first-order valence-corrected chi connectivity index (χ1v) is 11.1. The Bertz CT molecular complexity index is 1010. The number of hydrogen-bond donors (Lipinski definition) is 3. The number of benzene rings is 2. The van der Waals surface area contributed by atoms with Crippen molar-refractivity contribution in [2.24, 2.45) is 0 Å². The Morgan fingerprint density at radius 3 is 2.42 bits per heavy atom. The molecule has 33 heavy (non-hydrogen) atoms. The number of nitrogens with zero attached hydrogens (tertiary/aromatic N) is 2. The van der Waals surface area contributed by atoms with Crippen LogP contribution in [0.4, 0.5) is 21.9 Å². The maximum absolute atomic E-state index is 12.9. The number of β-amino-alcohol motifs (C(OH)–C–C–N with tert-alkyl or cyclic N) is 1. The third-order valence-corrected chi connectivity index (χ3v) is 5.83. The number of ether oxygens (including phenoxy) is 1. The third-order valence-electron chi connectivity index (χ3n) is 5.58. The van der Waals surface area contributed by atoms with E-state index in [0.29, 0.717) is 29.5 Å². The van der Waals surface area contributed by atoms with Crippen LogP contribution in [0.3, 0.4) is 0 Å². The third kappa shape index (κ3) is 5.62. The molecule has 2 saturated heterocycles. The molecule has 10 heteroatoms. The molecule has 2 atom stereocenters. The summed E-state index contributed by atoms with van der Waals surface area (Å²) in [4.78, 5) is 40.8. The van der Waals surface area contributed by atoms with Crippen molar-refractivity contribution in [3.8, 4) is 0 Å². The molecule has 4 amide bonds. The fourth-order valence-electron chi connectivity index (χ4n) is 3.93. The van der Waals surface area contributed by atoms with Gasteiger partial charge in [-0.25, -0.2) is 4.79 Å². The molecule has 0 aliphatic carbocycles. The van der Waals surface area contributed by atoms with Gasteiger partial charge in [0.05, 0.1) is 6.10 Å². The SMILES string of the molecule is O=C(Nc1ccc(N2CCCOCC2=O)cc1)[C@H]1C[C@@H](O)CN1C(=O)Nc1ccc(Cl)cc1. The van der Waals surface area contributed by atoms with Gasteiger partial charge in [0.15, 0.2) is 0 Å². The summed E-state index contributed by atoms with van der Waals surface area (Å²) in [6.45, 7) is 1.22. The van der Waals surface area contributed by atoms with Gasteiger partial charge in [-0.05, 0) is 55.0 Å². The van der Waals surface area contributed by atoms with Gasteiger partial charge in [0, 0.05) is 48.2 Å². The first-order chi connectivity index (χ1) is 15.9. The Morgan fingerprint density at radius 1 is 1.03 bits per heavy atom. The molecule has 0 saturated carbocycles. The van der Waals surface area contributed by atoms with E-state index in [0.717, 1.165) is 12.1 Å². The number of halogens is 1. The summed E-state index contributed by atoms with van der Waals surface area (Å²) in [6, 6.07) is 12.2. The predicted octanol–water partition coefficient (Wildman–Crippen LogP) is 2.70. The highest BCUT2D eigenvalue weighted by atomic mass is 35.5. The van der Waals surface area contributed by atoms with Crippen molar-refractivity contribution in [3.63, 3.8) is 0 Å². The number of amides is 4. The molecule has 2 aromatic rings. The smallest absolute Gasteiger partial charge is 0.322 e. The second-order valence-electron chi connectivity index (χ2n) is 7.98. The summed E-state index contributed by atoms with van der Waals surface area (Å²) in [5, 5.41) is 16.2. The van der Waals surface area contributed by atoms with Crippen LogP contribution in [0.5, 0.6) is 0 Å². The summed E-state index contributed by atoms with van der Waals surface area (Å²) in [5.74, 6) is -0.503. The molecular weight excluding hydrogens is 448 g/mol. The van der Waals surface area contributed by atoms with Gasteiger partial charge >= 0.3 is 6.03 Å². The molecular formula is C23H25ClN4O5. The molecule has 174 valence electrons. The number of carbonyl (C=O) groups is 3. The molecule has 4 rings (SSSR count). The average Bonchev–Trinajstić information content (AvgIpc) is 3.07. The van der Waals surface area contributed by atoms with Crippen molar-refractivity contribution in [1.29, 1.82) is 0 Å². The monoisotopic (exact) mass is 472 g/mol. The maximum Gasteiger partial charge on any atom is 0.322 e. The molecule has 0 radical (unpaired) electrons. The molecule has 2 aliphatic heterocycles. The van der Waals surface area contributed by atoms with Crippen LogP contribution in [0.1, 0.15) is 12.8 Å². The molecule has 2 aliphatic rings. The number of aliphatic hydroxyl groups is 1. The van der Waals surface area contributed by atoms with Crippen molar-refractivity contribution in [2.75, 3.05) is 41.8 Å². The molecule has 2 fully saturated rings. The lowest BCUT2D eigenvalue weighted by atomic mass is 10.1. The molecule has 3 N–H and O–H groups in total. The van der Waals surface area contributed by atoms with Crippen molar-refractivity contribution >= 4 is 46.5 Å². The van der Waals surface area contributed by atoms with Gasteiger partial charge in [-0.15, -0.1) is 0 Å². The number of nitrogens with one attached hydrogen (secondary N) is 2. The van der Waals surface area contributed by atoms with Crippen LogP contribution in [-0.4, -0.2) is 66.3 Å². The van der Waals surface area contributed by atoms with E-state index in [-0.39, 0.29) is 25.5 Å². The van der Waals surface area contributed by atoms with Crippen LogP contribution >= 0.6 is 11.6 Å². The summed E-state index contributed by atoms with van der Waals surface area (Å²) >= 11 is 5.87. The zero-order chi connectivity index (χ0) is 23.4. The highest BCUT2D eigenvalue weighted by Crippen LogP contribution is 2.24. The number of urea groups is 1. The lowest BCUT2D eigenvalue weighted by molar-refractivity contribution is -0.122. The minimum absolute atomic E-state index is 0.0512. The van der Waals surface area contributed by atoms with E-state index >= 15 is 0 Å². The normalized spacial score (nSPS) is 21.0. The van der Waals surface area contributed by atoms with Gasteiger partial charge in [0.25, 0.3) is 5.91 Å². The minimum atomic E-state index is -0.823. The van der Waals surface area contributed by atoms with Crippen LogP contribution in [0.2, 0.25) is 5.02 Å². The lowest BCUT2D eigenvalue weighted by Gasteiger charge is -2.24. The molecule has 0 spiro atoms. The fraction of sp³-hybridized carbons (Fsp3) is 0.348. The molecule has 9 nitrogen and oxygen atoms in total. The summed E-state index contributed by atoms with van der Waals surface area (Å²) in [7, 11) is 0. The number of rotatable bonds is 4. The Morgan fingerprint density at radius 2 is 1.70 bits per heavy atom. The largest absolute Gasteiger partial charge is 0.391 e. The van der Waals surface area contributed by atoms with Crippen LogP contribution in [0, 0.1) is 0 Å².